The van der Waals surface area contributed by atoms with Gasteiger partial charge in [-0.2, -0.15) is 5.10 Å². The Labute approximate surface area is 90.0 Å². The van der Waals surface area contributed by atoms with E-state index >= 15 is 0 Å². The third-order valence-electron chi connectivity index (χ3n) is 2.03. The highest BCUT2D eigenvalue weighted by molar-refractivity contribution is 5.34. The fourth-order valence-electron chi connectivity index (χ4n) is 1.28. The normalized spacial score (nSPS) is 12.5. The molecule has 0 aromatic carbocycles. The lowest BCUT2D eigenvalue weighted by Gasteiger charge is -2.17. The van der Waals surface area contributed by atoms with Crippen molar-refractivity contribution < 1.29 is 4.74 Å². The zero-order valence-electron chi connectivity index (χ0n) is 9.23. The molecular formula is C10H18N4O. The predicted molar refractivity (Wildman–Crippen MR) is 59.7 cm³/mol. The van der Waals surface area contributed by atoms with Gasteiger partial charge in [0.2, 0.25) is 0 Å². The minimum Gasteiger partial charge on any atom is -0.383 e. The first-order valence-electron chi connectivity index (χ1n) is 5.02. The van der Waals surface area contributed by atoms with E-state index in [1.54, 1.807) is 7.11 Å². The highest BCUT2D eigenvalue weighted by Gasteiger charge is 2.07. The van der Waals surface area contributed by atoms with Crippen molar-refractivity contribution in [3.63, 3.8) is 0 Å². The number of nitrogens with two attached hydrogens (primary N) is 1. The van der Waals surface area contributed by atoms with Crippen LogP contribution in [0.2, 0.25) is 0 Å². The zero-order valence-corrected chi connectivity index (χ0v) is 9.23. The van der Waals surface area contributed by atoms with Crippen LogP contribution in [0.3, 0.4) is 0 Å². The minimum atomic E-state index is 0.192. The topological polar surface area (TPSA) is 73.1 Å². The van der Waals surface area contributed by atoms with Crippen LogP contribution in [0.5, 0.6) is 0 Å². The van der Waals surface area contributed by atoms with Crippen molar-refractivity contribution in [3.05, 3.63) is 17.8 Å². The van der Waals surface area contributed by atoms with Gasteiger partial charge in [0, 0.05) is 7.11 Å². The van der Waals surface area contributed by atoms with Crippen LogP contribution in [0, 0.1) is 6.92 Å². The highest BCUT2D eigenvalue weighted by Crippen LogP contribution is 2.05. The average Bonchev–Trinajstić information content (AvgIpc) is 2.22. The molecule has 3 N–H and O–H groups in total. The van der Waals surface area contributed by atoms with Crippen LogP contribution in [-0.2, 0) is 4.74 Å². The Kier molecular flexibility index (Phi) is 5.00. The monoisotopic (exact) mass is 210 g/mol. The number of aryl methyl sites for hydroxylation is 1. The van der Waals surface area contributed by atoms with E-state index < -0.39 is 0 Å². The standard InChI is InChI=1S/C10H18N4O/c1-8-3-4-10(14-13-8)12-9(5-6-11)7-15-2/h3-4,9H,5-7,11H2,1-2H3,(H,12,14). The van der Waals surface area contributed by atoms with Crippen molar-refractivity contribution in [2.45, 2.75) is 19.4 Å². The van der Waals surface area contributed by atoms with Gasteiger partial charge < -0.3 is 15.8 Å². The van der Waals surface area contributed by atoms with E-state index in [4.69, 9.17) is 10.5 Å². The summed E-state index contributed by atoms with van der Waals surface area (Å²) in [6, 6.07) is 4.01. The quantitative estimate of drug-likeness (QED) is 0.717. The lowest BCUT2D eigenvalue weighted by molar-refractivity contribution is 0.183. The van der Waals surface area contributed by atoms with E-state index in [1.807, 2.05) is 19.1 Å². The third kappa shape index (κ3) is 4.22. The molecule has 1 unspecified atom stereocenters. The fraction of sp³-hybridized carbons (Fsp3) is 0.600. The summed E-state index contributed by atoms with van der Waals surface area (Å²) in [5, 5.41) is 11.2. The Morgan fingerprint density at radius 2 is 2.27 bits per heavy atom. The molecule has 0 aliphatic rings. The highest BCUT2D eigenvalue weighted by atomic mass is 16.5. The van der Waals surface area contributed by atoms with Gasteiger partial charge in [-0.1, -0.05) is 0 Å². The molecule has 0 saturated carbocycles. The number of anilines is 1. The van der Waals surface area contributed by atoms with Crippen molar-refractivity contribution >= 4 is 5.82 Å². The number of nitrogens with one attached hydrogen (secondary N) is 1. The Hall–Kier alpha value is -1.20. The summed E-state index contributed by atoms with van der Waals surface area (Å²) in [7, 11) is 1.67. The lowest BCUT2D eigenvalue weighted by atomic mass is 10.2. The first kappa shape index (κ1) is 11.9. The maximum atomic E-state index is 5.51. The molecule has 0 amide bonds. The average molecular weight is 210 g/mol. The van der Waals surface area contributed by atoms with Gasteiger partial charge >= 0.3 is 0 Å². The van der Waals surface area contributed by atoms with E-state index in [1.165, 1.54) is 0 Å². The maximum Gasteiger partial charge on any atom is 0.148 e. The molecule has 5 heteroatoms. The zero-order chi connectivity index (χ0) is 11.1. The number of rotatable bonds is 6. The molecule has 1 rings (SSSR count). The van der Waals surface area contributed by atoms with Crippen molar-refractivity contribution in [1.82, 2.24) is 10.2 Å². The van der Waals surface area contributed by atoms with Crippen LogP contribution >= 0.6 is 0 Å². The molecule has 1 aromatic rings. The molecule has 0 radical (unpaired) electrons. The summed E-state index contributed by atoms with van der Waals surface area (Å²) >= 11 is 0. The second kappa shape index (κ2) is 6.31. The summed E-state index contributed by atoms with van der Waals surface area (Å²) in [5.74, 6) is 0.760. The summed E-state index contributed by atoms with van der Waals surface area (Å²) < 4.78 is 5.09. The second-order valence-corrected chi connectivity index (χ2v) is 3.43. The van der Waals surface area contributed by atoms with Crippen molar-refractivity contribution in [1.29, 1.82) is 0 Å². The molecule has 84 valence electrons. The Balaban J connectivity index is 2.53. The molecule has 0 aliphatic carbocycles. The maximum absolute atomic E-state index is 5.51. The number of hydrogen-bond acceptors (Lipinski definition) is 5. The SMILES string of the molecule is COCC(CCN)Nc1ccc(C)nn1. The van der Waals surface area contributed by atoms with E-state index in [2.05, 4.69) is 15.5 Å². The summed E-state index contributed by atoms with van der Waals surface area (Å²) in [4.78, 5) is 0. The summed E-state index contributed by atoms with van der Waals surface area (Å²) in [5.41, 5.74) is 6.41. The molecule has 0 saturated heterocycles. The molecule has 5 nitrogen and oxygen atoms in total. The van der Waals surface area contributed by atoms with Gasteiger partial charge in [0.15, 0.2) is 0 Å². The van der Waals surface area contributed by atoms with E-state index in [0.717, 1.165) is 17.9 Å². The van der Waals surface area contributed by atoms with E-state index in [-0.39, 0.29) is 6.04 Å². The molecule has 1 atom stereocenters. The van der Waals surface area contributed by atoms with Gasteiger partial charge in [-0.3, -0.25) is 0 Å². The van der Waals surface area contributed by atoms with Crippen molar-refractivity contribution in [2.75, 3.05) is 25.6 Å². The van der Waals surface area contributed by atoms with E-state index in [9.17, 15) is 0 Å². The number of aromatic nitrogens is 2. The largest absolute Gasteiger partial charge is 0.383 e. The van der Waals surface area contributed by atoms with Crippen LogP contribution in [-0.4, -0.2) is 36.5 Å². The molecule has 0 aliphatic heterocycles. The first-order valence-corrected chi connectivity index (χ1v) is 5.02. The summed E-state index contributed by atoms with van der Waals surface area (Å²) in [6.45, 7) is 3.15. The molecule has 0 spiro atoms. The predicted octanol–water partition coefficient (Wildman–Crippen LogP) is 0.561. The number of nitrogens with zero attached hydrogens (tertiary/aromatic N) is 2. The Bertz CT molecular complexity index is 269. The van der Waals surface area contributed by atoms with Crippen LogP contribution in [0.25, 0.3) is 0 Å². The molecular weight excluding hydrogens is 192 g/mol. The van der Waals surface area contributed by atoms with Gasteiger partial charge in [0.1, 0.15) is 5.82 Å². The van der Waals surface area contributed by atoms with Gasteiger partial charge in [-0.05, 0) is 32.0 Å². The van der Waals surface area contributed by atoms with Gasteiger partial charge in [-0.15, -0.1) is 5.10 Å². The van der Waals surface area contributed by atoms with Crippen LogP contribution in [0.15, 0.2) is 12.1 Å². The minimum absolute atomic E-state index is 0.192. The van der Waals surface area contributed by atoms with Crippen LogP contribution in [0.1, 0.15) is 12.1 Å². The second-order valence-electron chi connectivity index (χ2n) is 3.43. The van der Waals surface area contributed by atoms with E-state index in [0.29, 0.717) is 13.2 Å². The smallest absolute Gasteiger partial charge is 0.148 e. The molecule has 15 heavy (non-hydrogen) atoms. The molecule has 1 aromatic heterocycles. The molecule has 0 fully saturated rings. The number of hydrogen-bond donors (Lipinski definition) is 2. The van der Waals surface area contributed by atoms with Gasteiger partial charge in [0.25, 0.3) is 0 Å². The van der Waals surface area contributed by atoms with Gasteiger partial charge in [0.05, 0.1) is 18.3 Å². The van der Waals surface area contributed by atoms with Crippen LogP contribution < -0.4 is 11.1 Å². The van der Waals surface area contributed by atoms with Crippen molar-refractivity contribution in [2.24, 2.45) is 5.73 Å². The van der Waals surface area contributed by atoms with Crippen molar-refractivity contribution in [3.8, 4) is 0 Å². The Morgan fingerprint density at radius 3 is 2.80 bits per heavy atom. The van der Waals surface area contributed by atoms with Gasteiger partial charge in [-0.25, -0.2) is 0 Å². The molecule has 1 heterocycles. The fourth-order valence-corrected chi connectivity index (χ4v) is 1.28. The summed E-state index contributed by atoms with van der Waals surface area (Å²) in [6.07, 6.45) is 0.851. The Morgan fingerprint density at radius 1 is 1.47 bits per heavy atom. The number of ether oxygens (including phenoxy) is 1. The lowest BCUT2D eigenvalue weighted by Crippen LogP contribution is -2.28. The van der Waals surface area contributed by atoms with Crippen LogP contribution in [0.4, 0.5) is 5.82 Å². The number of methoxy groups -OCH3 is 1. The first-order chi connectivity index (χ1) is 7.26. The third-order valence-corrected chi connectivity index (χ3v) is 2.03. The molecule has 0 bridgehead atoms.